The predicted molar refractivity (Wildman–Crippen MR) is 91.9 cm³/mol. The highest BCUT2D eigenvalue weighted by atomic mass is 14.9. The van der Waals surface area contributed by atoms with Crippen molar-refractivity contribution in [2.75, 3.05) is 7.05 Å². The van der Waals surface area contributed by atoms with E-state index in [1.165, 1.54) is 28.7 Å². The van der Waals surface area contributed by atoms with E-state index in [9.17, 15) is 0 Å². The molecule has 0 saturated carbocycles. The van der Waals surface area contributed by atoms with Crippen LogP contribution in [0.25, 0.3) is 0 Å². The van der Waals surface area contributed by atoms with Crippen LogP contribution >= 0.6 is 0 Å². The maximum atomic E-state index is 3.45. The van der Waals surface area contributed by atoms with E-state index in [0.29, 0.717) is 5.92 Å². The number of benzene rings is 2. The van der Waals surface area contributed by atoms with E-state index in [2.05, 4.69) is 74.6 Å². The van der Waals surface area contributed by atoms with Crippen molar-refractivity contribution >= 4 is 0 Å². The third kappa shape index (κ3) is 3.95. The Hall–Kier alpha value is -1.60. The number of nitrogens with one attached hydrogen (secondary N) is 1. The van der Waals surface area contributed by atoms with Gasteiger partial charge in [-0.3, -0.25) is 0 Å². The molecule has 0 radical (unpaired) electrons. The predicted octanol–water partition coefficient (Wildman–Crippen LogP) is 5.07. The topological polar surface area (TPSA) is 12.0 Å². The SMILES string of the molecule is CCCc1cccc(C(NC)c2ccc(C(C)C)cc2)c1. The first-order chi connectivity index (χ1) is 10.2. The minimum absolute atomic E-state index is 0.267. The molecule has 0 amide bonds. The number of rotatable bonds is 6. The lowest BCUT2D eigenvalue weighted by Crippen LogP contribution is -2.17. The van der Waals surface area contributed by atoms with Crippen LogP contribution in [0.15, 0.2) is 48.5 Å². The second kappa shape index (κ2) is 7.42. The largest absolute Gasteiger partial charge is 0.309 e. The van der Waals surface area contributed by atoms with Gasteiger partial charge in [-0.25, -0.2) is 0 Å². The summed E-state index contributed by atoms with van der Waals surface area (Å²) in [5.74, 6) is 0.583. The minimum atomic E-state index is 0.267. The quantitative estimate of drug-likeness (QED) is 0.779. The van der Waals surface area contributed by atoms with E-state index in [4.69, 9.17) is 0 Å². The molecule has 0 spiro atoms. The molecule has 2 rings (SSSR count). The maximum Gasteiger partial charge on any atom is 0.0574 e. The maximum absolute atomic E-state index is 3.45. The lowest BCUT2D eigenvalue weighted by molar-refractivity contribution is 0.689. The summed E-state index contributed by atoms with van der Waals surface area (Å²) in [5, 5.41) is 3.45. The van der Waals surface area contributed by atoms with E-state index < -0.39 is 0 Å². The standard InChI is InChI=1S/C20H27N/c1-5-7-16-8-6-9-19(14-16)20(21-4)18-12-10-17(11-13-18)15(2)3/h6,8-15,20-21H,5,7H2,1-4H3. The Balaban J connectivity index is 2.28. The van der Waals surface area contributed by atoms with Gasteiger partial charge in [-0.05, 0) is 41.6 Å². The van der Waals surface area contributed by atoms with E-state index in [1.807, 2.05) is 7.05 Å². The third-order valence-corrected chi connectivity index (χ3v) is 4.05. The zero-order chi connectivity index (χ0) is 15.2. The van der Waals surface area contributed by atoms with Crippen LogP contribution < -0.4 is 5.32 Å². The van der Waals surface area contributed by atoms with Crippen molar-refractivity contribution in [3.63, 3.8) is 0 Å². The average molecular weight is 281 g/mol. The van der Waals surface area contributed by atoms with Crippen molar-refractivity contribution in [2.24, 2.45) is 0 Å². The number of hydrogen-bond donors (Lipinski definition) is 1. The monoisotopic (exact) mass is 281 g/mol. The highest BCUT2D eigenvalue weighted by molar-refractivity contribution is 5.36. The highest BCUT2D eigenvalue weighted by Gasteiger charge is 2.12. The fraction of sp³-hybridized carbons (Fsp3) is 0.400. The second-order valence-corrected chi connectivity index (χ2v) is 6.04. The first-order valence-corrected chi connectivity index (χ1v) is 8.01. The van der Waals surface area contributed by atoms with Crippen LogP contribution in [0.3, 0.4) is 0 Å². The summed E-state index contributed by atoms with van der Waals surface area (Å²) in [6.07, 6.45) is 2.34. The summed E-state index contributed by atoms with van der Waals surface area (Å²) in [5.41, 5.74) is 5.50. The molecule has 0 saturated heterocycles. The van der Waals surface area contributed by atoms with Crippen LogP contribution in [0.4, 0.5) is 0 Å². The fourth-order valence-corrected chi connectivity index (χ4v) is 2.82. The first kappa shape index (κ1) is 15.8. The molecule has 2 aromatic carbocycles. The van der Waals surface area contributed by atoms with Crippen molar-refractivity contribution in [3.05, 3.63) is 70.8 Å². The molecule has 21 heavy (non-hydrogen) atoms. The molecule has 2 aromatic rings. The van der Waals surface area contributed by atoms with Crippen molar-refractivity contribution in [2.45, 2.75) is 45.6 Å². The highest BCUT2D eigenvalue weighted by Crippen LogP contribution is 2.25. The van der Waals surface area contributed by atoms with Gasteiger partial charge in [0.1, 0.15) is 0 Å². The molecular formula is C20H27N. The van der Waals surface area contributed by atoms with Gasteiger partial charge < -0.3 is 5.32 Å². The van der Waals surface area contributed by atoms with Crippen LogP contribution in [0.1, 0.15) is 61.4 Å². The molecule has 1 unspecified atom stereocenters. The smallest absolute Gasteiger partial charge is 0.0574 e. The van der Waals surface area contributed by atoms with Crippen molar-refractivity contribution in [1.29, 1.82) is 0 Å². The molecule has 1 N–H and O–H groups in total. The van der Waals surface area contributed by atoms with Gasteiger partial charge in [0.25, 0.3) is 0 Å². The molecule has 0 aliphatic heterocycles. The molecule has 0 heterocycles. The van der Waals surface area contributed by atoms with Gasteiger partial charge in [-0.1, -0.05) is 75.7 Å². The molecule has 1 atom stereocenters. The normalized spacial score (nSPS) is 12.6. The second-order valence-electron chi connectivity index (χ2n) is 6.04. The van der Waals surface area contributed by atoms with Crippen molar-refractivity contribution in [1.82, 2.24) is 5.32 Å². The minimum Gasteiger partial charge on any atom is -0.309 e. The van der Waals surface area contributed by atoms with Gasteiger partial charge in [0.2, 0.25) is 0 Å². The molecule has 1 heteroatoms. The Morgan fingerprint density at radius 3 is 2.14 bits per heavy atom. The molecule has 0 aliphatic carbocycles. The van der Waals surface area contributed by atoms with Crippen LogP contribution in [-0.4, -0.2) is 7.05 Å². The molecule has 0 aliphatic rings. The zero-order valence-corrected chi connectivity index (χ0v) is 13.7. The van der Waals surface area contributed by atoms with E-state index in [-0.39, 0.29) is 6.04 Å². The Morgan fingerprint density at radius 2 is 1.57 bits per heavy atom. The Morgan fingerprint density at radius 1 is 0.905 bits per heavy atom. The van der Waals surface area contributed by atoms with Gasteiger partial charge in [0.05, 0.1) is 6.04 Å². The summed E-state index contributed by atoms with van der Waals surface area (Å²) in [6.45, 7) is 6.70. The number of aryl methyl sites for hydroxylation is 1. The molecule has 0 fully saturated rings. The Labute approximate surface area is 129 Å². The van der Waals surface area contributed by atoms with Crippen molar-refractivity contribution < 1.29 is 0 Å². The lowest BCUT2D eigenvalue weighted by atomic mass is 9.94. The van der Waals surface area contributed by atoms with Crippen LogP contribution in [0.5, 0.6) is 0 Å². The summed E-state index contributed by atoms with van der Waals surface area (Å²) >= 11 is 0. The van der Waals surface area contributed by atoms with Crippen LogP contribution in [0.2, 0.25) is 0 Å². The van der Waals surface area contributed by atoms with Gasteiger partial charge in [-0.2, -0.15) is 0 Å². The van der Waals surface area contributed by atoms with Gasteiger partial charge in [0.15, 0.2) is 0 Å². The summed E-state index contributed by atoms with van der Waals surface area (Å²) in [6, 6.07) is 18.2. The van der Waals surface area contributed by atoms with Crippen molar-refractivity contribution in [3.8, 4) is 0 Å². The summed E-state index contributed by atoms with van der Waals surface area (Å²) in [4.78, 5) is 0. The molecule has 1 nitrogen and oxygen atoms in total. The van der Waals surface area contributed by atoms with Gasteiger partial charge >= 0.3 is 0 Å². The Bertz CT molecular complexity index is 554. The molecule has 112 valence electrons. The van der Waals surface area contributed by atoms with Crippen LogP contribution in [0, 0.1) is 0 Å². The van der Waals surface area contributed by atoms with E-state index in [1.54, 1.807) is 0 Å². The van der Waals surface area contributed by atoms with E-state index in [0.717, 1.165) is 6.42 Å². The van der Waals surface area contributed by atoms with Crippen LogP contribution in [-0.2, 0) is 6.42 Å². The molecule has 0 aromatic heterocycles. The van der Waals surface area contributed by atoms with E-state index >= 15 is 0 Å². The first-order valence-electron chi connectivity index (χ1n) is 8.01. The molecular weight excluding hydrogens is 254 g/mol. The fourth-order valence-electron chi connectivity index (χ4n) is 2.82. The average Bonchev–Trinajstić information content (AvgIpc) is 2.49. The molecule has 0 bridgehead atoms. The summed E-state index contributed by atoms with van der Waals surface area (Å²) in [7, 11) is 2.04. The summed E-state index contributed by atoms with van der Waals surface area (Å²) < 4.78 is 0. The Kier molecular flexibility index (Phi) is 5.58. The zero-order valence-electron chi connectivity index (χ0n) is 13.7. The number of hydrogen-bond acceptors (Lipinski definition) is 1. The third-order valence-electron chi connectivity index (χ3n) is 4.05. The lowest BCUT2D eigenvalue weighted by Gasteiger charge is -2.19. The van der Waals surface area contributed by atoms with Gasteiger partial charge in [0, 0.05) is 0 Å². The van der Waals surface area contributed by atoms with Gasteiger partial charge in [-0.15, -0.1) is 0 Å².